The molecule has 0 fully saturated rings. The zero-order valence-electron chi connectivity index (χ0n) is 15.6. The van der Waals surface area contributed by atoms with Gasteiger partial charge in [-0.1, -0.05) is 0 Å². The van der Waals surface area contributed by atoms with Gasteiger partial charge in [0.1, 0.15) is 0 Å². The summed E-state index contributed by atoms with van der Waals surface area (Å²) in [5, 5.41) is 5.79. The van der Waals surface area contributed by atoms with Gasteiger partial charge < -0.3 is 20.4 Å². The maximum absolute atomic E-state index is 12.3. The third-order valence-electron chi connectivity index (χ3n) is 3.37. The molecule has 0 bridgehead atoms. The largest absolute Gasteiger partial charge is 0.322 e. The van der Waals surface area contributed by atoms with Gasteiger partial charge in [-0.3, -0.25) is 0 Å². The predicted molar refractivity (Wildman–Crippen MR) is 95.0 cm³/mol. The monoisotopic (exact) mass is 330 g/mol. The van der Waals surface area contributed by atoms with Crippen molar-refractivity contribution in [3.63, 3.8) is 0 Å². The van der Waals surface area contributed by atoms with Crippen molar-refractivity contribution in [2.75, 3.05) is 0 Å². The fourth-order valence-corrected chi connectivity index (χ4v) is 3.18. The van der Waals surface area contributed by atoms with Crippen molar-refractivity contribution in [2.45, 2.75) is 85.3 Å². The van der Waals surface area contributed by atoms with Crippen LogP contribution < -0.4 is 10.6 Å². The molecule has 6 nitrogen and oxygen atoms in total. The van der Waals surface area contributed by atoms with E-state index in [1.54, 1.807) is 9.80 Å². The van der Waals surface area contributed by atoms with Crippen LogP contribution in [0.4, 0.5) is 9.59 Å². The van der Waals surface area contributed by atoms with Crippen LogP contribution in [0, 0.1) is 0 Å². The summed E-state index contributed by atoms with van der Waals surface area (Å²) < 4.78 is 0. The van der Waals surface area contributed by atoms with E-state index in [1.807, 2.05) is 55.4 Å². The van der Waals surface area contributed by atoms with Crippen LogP contribution in [0.2, 0.25) is 0 Å². The molecule has 0 aliphatic rings. The summed E-state index contributed by atoms with van der Waals surface area (Å²) >= 11 is 0. The Morgan fingerprint density at radius 1 is 0.682 bits per heavy atom. The summed E-state index contributed by atoms with van der Waals surface area (Å²) in [5.41, 5.74) is 0. The minimum atomic E-state index is -0.292. The molecule has 4 amide bonds. The molecule has 0 rings (SSSR count). The summed E-state index contributed by atoms with van der Waals surface area (Å²) in [7, 11) is 0.643. The molecule has 0 spiro atoms. The first-order valence-corrected chi connectivity index (χ1v) is 9.32. The van der Waals surface area contributed by atoms with E-state index in [4.69, 9.17) is 0 Å². The van der Waals surface area contributed by atoms with Crippen molar-refractivity contribution in [3.8, 4) is 0 Å². The fourth-order valence-electron chi connectivity index (χ4n) is 2.69. The molecule has 0 unspecified atom stereocenters. The fraction of sp³-hybridized carbons (Fsp3) is 0.867. The van der Waals surface area contributed by atoms with Crippen LogP contribution in [-0.2, 0) is 0 Å². The number of carbonyl (C=O) groups excluding carboxylic acids is 2. The van der Waals surface area contributed by atoms with Gasteiger partial charge in [0, 0.05) is 24.2 Å². The standard InChI is InChI=1S/C15H34N4O2Si/c1-9(2)18(10(3)4)14(20)16-13(22)17-15(21)19(11(5)6)12(7)8/h9-13H,1-8,22H3,(H,16,20)(H,17,21). The quantitative estimate of drug-likeness (QED) is 0.569. The topological polar surface area (TPSA) is 64.7 Å². The molecule has 7 heteroatoms. The third kappa shape index (κ3) is 6.25. The predicted octanol–water partition coefficient (Wildman–Crippen LogP) is 1.29. The number of urea groups is 2. The lowest BCUT2D eigenvalue weighted by molar-refractivity contribution is 0.155. The molecule has 0 aromatic carbocycles. The maximum atomic E-state index is 12.3. The van der Waals surface area contributed by atoms with Crippen LogP contribution in [-0.4, -0.2) is 62.1 Å². The second-order valence-electron chi connectivity index (χ2n) is 6.81. The van der Waals surface area contributed by atoms with E-state index >= 15 is 0 Å². The second kappa shape index (κ2) is 9.02. The summed E-state index contributed by atoms with van der Waals surface area (Å²) in [5.74, 6) is -0.292. The first kappa shape index (κ1) is 20.8. The summed E-state index contributed by atoms with van der Waals surface area (Å²) in [6.07, 6.45) is 0. The zero-order chi connectivity index (χ0) is 17.6. The second-order valence-corrected chi connectivity index (χ2v) is 7.96. The van der Waals surface area contributed by atoms with Crippen LogP contribution in [0.5, 0.6) is 0 Å². The Morgan fingerprint density at radius 2 is 0.909 bits per heavy atom. The first-order valence-electron chi connectivity index (χ1n) is 8.16. The van der Waals surface area contributed by atoms with Gasteiger partial charge in [-0.25, -0.2) is 9.59 Å². The van der Waals surface area contributed by atoms with E-state index in [1.165, 1.54) is 0 Å². The van der Waals surface area contributed by atoms with E-state index in [0.29, 0.717) is 10.2 Å². The van der Waals surface area contributed by atoms with Gasteiger partial charge in [0.05, 0.1) is 16.0 Å². The van der Waals surface area contributed by atoms with E-state index in [9.17, 15) is 9.59 Å². The SMILES string of the molecule is CC(C)N(C(=O)NC([SiH3])NC(=O)N(C(C)C)C(C)C)C(C)C. The Hall–Kier alpha value is -1.24. The number of amides is 4. The van der Waals surface area contributed by atoms with E-state index < -0.39 is 0 Å². The lowest BCUT2D eigenvalue weighted by Crippen LogP contribution is -2.58. The maximum Gasteiger partial charge on any atom is 0.319 e. The molecule has 22 heavy (non-hydrogen) atoms. The lowest BCUT2D eigenvalue weighted by Gasteiger charge is -2.34. The summed E-state index contributed by atoms with van der Waals surface area (Å²) in [4.78, 5) is 28.2. The number of hydrogen-bond acceptors (Lipinski definition) is 2. The molecular formula is C15H34N4O2Si. The van der Waals surface area contributed by atoms with Crippen LogP contribution >= 0.6 is 0 Å². The Labute approximate surface area is 138 Å². The highest BCUT2D eigenvalue weighted by Gasteiger charge is 2.24. The zero-order valence-corrected chi connectivity index (χ0v) is 17.6. The Morgan fingerprint density at radius 3 is 1.09 bits per heavy atom. The van der Waals surface area contributed by atoms with Gasteiger partial charge in [-0.05, 0) is 55.4 Å². The number of hydrogen-bond donors (Lipinski definition) is 2. The molecule has 130 valence electrons. The molecule has 0 aromatic heterocycles. The van der Waals surface area contributed by atoms with Gasteiger partial charge in [-0.2, -0.15) is 0 Å². The smallest absolute Gasteiger partial charge is 0.319 e. The van der Waals surface area contributed by atoms with Gasteiger partial charge >= 0.3 is 12.1 Å². The molecule has 0 aliphatic carbocycles. The number of nitrogens with zero attached hydrogens (tertiary/aromatic N) is 2. The van der Waals surface area contributed by atoms with Crippen LogP contribution in [0.3, 0.4) is 0 Å². The summed E-state index contributed by atoms with van der Waals surface area (Å²) in [6.45, 7) is 15.9. The van der Waals surface area contributed by atoms with Gasteiger partial charge in [0.2, 0.25) is 0 Å². The van der Waals surface area contributed by atoms with Gasteiger partial charge in [-0.15, -0.1) is 0 Å². The number of nitrogens with one attached hydrogen (secondary N) is 2. The molecule has 0 saturated carbocycles. The Balaban J connectivity index is 4.70. The average molecular weight is 331 g/mol. The molecule has 2 N–H and O–H groups in total. The van der Waals surface area contributed by atoms with Crippen LogP contribution in [0.15, 0.2) is 0 Å². The molecular weight excluding hydrogens is 296 g/mol. The molecule has 0 aromatic rings. The highest BCUT2D eigenvalue weighted by Crippen LogP contribution is 2.07. The van der Waals surface area contributed by atoms with Crippen molar-refractivity contribution in [1.29, 1.82) is 0 Å². The Kier molecular flexibility index (Phi) is 8.51. The van der Waals surface area contributed by atoms with Crippen molar-refractivity contribution in [3.05, 3.63) is 0 Å². The first-order chi connectivity index (χ1) is 9.98. The highest BCUT2D eigenvalue weighted by atomic mass is 28.1. The van der Waals surface area contributed by atoms with Crippen LogP contribution in [0.25, 0.3) is 0 Å². The van der Waals surface area contributed by atoms with Gasteiger partial charge in [0.15, 0.2) is 0 Å². The van der Waals surface area contributed by atoms with Crippen molar-refractivity contribution in [1.82, 2.24) is 20.4 Å². The normalized spacial score (nSPS) is 11.7. The molecule has 0 radical (unpaired) electrons. The van der Waals surface area contributed by atoms with Crippen molar-refractivity contribution in [2.24, 2.45) is 0 Å². The van der Waals surface area contributed by atoms with E-state index in [0.717, 1.165) is 0 Å². The number of rotatable bonds is 6. The molecule has 0 aliphatic heterocycles. The van der Waals surface area contributed by atoms with E-state index in [-0.39, 0.29) is 42.0 Å². The average Bonchev–Trinajstić information content (AvgIpc) is 2.24. The highest BCUT2D eigenvalue weighted by molar-refractivity contribution is 6.13. The third-order valence-corrected chi connectivity index (χ3v) is 3.95. The molecule has 0 heterocycles. The minimum Gasteiger partial charge on any atom is -0.322 e. The minimum absolute atomic E-state index is 0.118. The number of carbonyl (C=O) groups is 2. The molecule has 0 atom stereocenters. The van der Waals surface area contributed by atoms with Crippen molar-refractivity contribution < 1.29 is 9.59 Å². The lowest BCUT2D eigenvalue weighted by atomic mass is 10.2. The van der Waals surface area contributed by atoms with Crippen LogP contribution in [0.1, 0.15) is 55.4 Å². The van der Waals surface area contributed by atoms with Crippen molar-refractivity contribution >= 4 is 22.3 Å². The van der Waals surface area contributed by atoms with Gasteiger partial charge in [0.25, 0.3) is 0 Å². The Bertz CT molecular complexity index is 323. The van der Waals surface area contributed by atoms with E-state index in [2.05, 4.69) is 10.6 Å². The summed E-state index contributed by atoms with van der Waals surface area (Å²) in [6, 6.07) is 0.205. The molecule has 0 saturated heterocycles.